The Morgan fingerprint density at radius 1 is 0.280 bits per heavy atom. The molecule has 0 bridgehead atoms. The van der Waals surface area contributed by atoms with Gasteiger partial charge in [-0.1, -0.05) is 253 Å². The smallest absolute Gasteiger partial charge is 0.119 e. The standard InChI is InChI=1S/C76H92O4S2/c1-5-9-13-17-21-29-53-77-61-45-37-57(38-46-61)75(58-39-47-62(48-40-58)78-54-30-22-18-14-10-6-2)67-35-27-25-33-65(67)71-69(75)73-74(81-71)70-72(82-73)66-34-26-28-36-68(66)76(70,59-41-49-63(50-42-59)79-55-31-23-19-15-11-7-3)60-43-51-64(52-44-60)80-56-32-24-20-16-12-8-4/h25-28,33-52H,5-24,29-32,53-56H2,1-4H3. The van der Waals surface area contributed by atoms with Crippen LogP contribution in [-0.2, 0) is 10.8 Å². The molecule has 0 amide bonds. The van der Waals surface area contributed by atoms with Crippen molar-refractivity contribution in [2.24, 2.45) is 0 Å². The SMILES string of the molecule is CCCCCCCCOc1ccc(C2(c3ccc(OCCCCCCCC)cc3)c3ccccc3-c3sc4c5c(sc4c32)-c2ccccc2C5(c2ccc(OCCCCCCCC)cc2)c2ccc(OCCCCCCCC)cc2)cc1. The van der Waals surface area contributed by atoms with Crippen molar-refractivity contribution in [2.45, 2.75) is 193 Å². The van der Waals surface area contributed by atoms with Gasteiger partial charge in [-0.25, -0.2) is 0 Å². The number of thiophene rings is 2. The minimum atomic E-state index is -0.607. The van der Waals surface area contributed by atoms with E-state index in [0.29, 0.717) is 0 Å². The fraction of sp³-hybridized carbons (Fsp3) is 0.447. The summed E-state index contributed by atoms with van der Waals surface area (Å²) in [6.07, 6.45) is 29.8. The van der Waals surface area contributed by atoms with Gasteiger partial charge in [0.25, 0.3) is 0 Å². The molecule has 82 heavy (non-hydrogen) atoms. The van der Waals surface area contributed by atoms with Gasteiger partial charge in [0.05, 0.1) is 46.7 Å². The molecule has 2 aliphatic carbocycles. The predicted octanol–water partition coefficient (Wildman–Crippen LogP) is 22.6. The summed E-state index contributed by atoms with van der Waals surface area (Å²) in [7, 11) is 0. The monoisotopic (exact) mass is 1130 g/mol. The molecule has 6 aromatic carbocycles. The Balaban J connectivity index is 1.08. The Morgan fingerprint density at radius 2 is 0.524 bits per heavy atom. The zero-order chi connectivity index (χ0) is 56.4. The summed E-state index contributed by atoms with van der Waals surface area (Å²) in [5, 5.41) is 0. The molecule has 2 aliphatic rings. The van der Waals surface area contributed by atoms with Crippen molar-refractivity contribution in [3.63, 3.8) is 0 Å². The molecule has 432 valence electrons. The van der Waals surface area contributed by atoms with Gasteiger partial charge in [0.2, 0.25) is 0 Å². The van der Waals surface area contributed by atoms with Crippen LogP contribution in [0.1, 0.15) is 226 Å². The van der Waals surface area contributed by atoms with Crippen molar-refractivity contribution in [3.05, 3.63) is 190 Å². The minimum absolute atomic E-state index is 0.607. The first-order chi connectivity index (χ1) is 40.6. The lowest BCUT2D eigenvalue weighted by atomic mass is 9.67. The quantitative estimate of drug-likeness (QED) is 0.0367. The molecule has 0 fully saturated rings. The van der Waals surface area contributed by atoms with Crippen LogP contribution in [0.15, 0.2) is 146 Å². The number of hydrogen-bond donors (Lipinski definition) is 0. The fourth-order valence-electron chi connectivity index (χ4n) is 13.3. The molecular weight excluding hydrogens is 1040 g/mol. The summed E-state index contributed by atoms with van der Waals surface area (Å²) in [6, 6.07) is 55.3. The average molecular weight is 1130 g/mol. The minimum Gasteiger partial charge on any atom is -0.494 e. The van der Waals surface area contributed by atoms with Crippen molar-refractivity contribution in [2.75, 3.05) is 26.4 Å². The molecule has 0 saturated heterocycles. The molecule has 0 spiro atoms. The summed E-state index contributed by atoms with van der Waals surface area (Å²) in [5.41, 5.74) is 11.8. The lowest BCUT2D eigenvalue weighted by Crippen LogP contribution is -2.29. The molecule has 0 radical (unpaired) electrons. The predicted molar refractivity (Wildman–Crippen MR) is 350 cm³/mol. The lowest BCUT2D eigenvalue weighted by Gasteiger charge is -2.34. The first kappa shape index (κ1) is 59.3. The highest BCUT2D eigenvalue weighted by molar-refractivity contribution is 7.32. The first-order valence-corrected chi connectivity index (χ1v) is 33.9. The molecule has 0 N–H and O–H groups in total. The van der Waals surface area contributed by atoms with Crippen LogP contribution in [0.4, 0.5) is 0 Å². The Hall–Kier alpha value is -5.82. The molecule has 4 nitrogen and oxygen atoms in total. The van der Waals surface area contributed by atoms with Crippen molar-refractivity contribution in [1.82, 2.24) is 0 Å². The molecule has 0 atom stereocenters. The fourth-order valence-corrected chi connectivity index (χ4v) is 16.5. The van der Waals surface area contributed by atoms with Crippen molar-refractivity contribution in [3.8, 4) is 43.9 Å². The molecule has 0 saturated carbocycles. The summed E-state index contributed by atoms with van der Waals surface area (Å²) < 4.78 is 28.7. The molecule has 0 aliphatic heterocycles. The Kier molecular flexibility index (Phi) is 21.4. The summed E-state index contributed by atoms with van der Waals surface area (Å²) in [4.78, 5) is 2.71. The van der Waals surface area contributed by atoms with E-state index in [9.17, 15) is 0 Å². The third kappa shape index (κ3) is 12.8. The molecular formula is C76H92O4S2. The Bertz CT molecular complexity index is 2860. The van der Waals surface area contributed by atoms with E-state index in [1.54, 1.807) is 0 Å². The van der Waals surface area contributed by atoms with Gasteiger partial charge in [-0.15, -0.1) is 22.7 Å². The van der Waals surface area contributed by atoms with E-state index in [1.165, 1.54) is 203 Å². The lowest BCUT2D eigenvalue weighted by molar-refractivity contribution is 0.304. The Labute approximate surface area is 501 Å². The molecule has 2 heterocycles. The molecule has 10 rings (SSSR count). The van der Waals surface area contributed by atoms with E-state index < -0.39 is 10.8 Å². The van der Waals surface area contributed by atoms with E-state index in [4.69, 9.17) is 18.9 Å². The average Bonchev–Trinajstić information content (AvgIpc) is 3.76. The zero-order valence-corrected chi connectivity index (χ0v) is 51.7. The van der Waals surface area contributed by atoms with Crippen LogP contribution in [-0.4, -0.2) is 26.4 Å². The molecule has 8 aromatic rings. The van der Waals surface area contributed by atoms with Crippen LogP contribution in [0.5, 0.6) is 23.0 Å². The van der Waals surface area contributed by atoms with Crippen molar-refractivity contribution >= 4 is 32.1 Å². The van der Waals surface area contributed by atoms with E-state index in [1.807, 2.05) is 22.7 Å². The number of ether oxygens (including phenoxy) is 4. The van der Waals surface area contributed by atoms with E-state index >= 15 is 0 Å². The van der Waals surface area contributed by atoms with E-state index in [-0.39, 0.29) is 0 Å². The van der Waals surface area contributed by atoms with Crippen LogP contribution >= 0.6 is 22.7 Å². The molecule has 0 unspecified atom stereocenters. The number of rotatable bonds is 36. The maximum absolute atomic E-state index is 6.50. The van der Waals surface area contributed by atoms with Gasteiger partial charge < -0.3 is 18.9 Å². The zero-order valence-electron chi connectivity index (χ0n) is 50.1. The summed E-state index contributed by atoms with van der Waals surface area (Å²) in [6.45, 7) is 12.1. The van der Waals surface area contributed by atoms with Crippen LogP contribution in [0, 0.1) is 0 Å². The van der Waals surface area contributed by atoms with Gasteiger partial charge in [0, 0.05) is 20.9 Å². The second kappa shape index (κ2) is 29.6. The van der Waals surface area contributed by atoms with Crippen LogP contribution < -0.4 is 18.9 Å². The summed E-state index contributed by atoms with van der Waals surface area (Å²) >= 11 is 4.00. The third-order valence-electron chi connectivity index (χ3n) is 17.6. The number of hydrogen-bond acceptors (Lipinski definition) is 6. The second-order valence-electron chi connectivity index (χ2n) is 23.4. The van der Waals surface area contributed by atoms with Gasteiger partial charge in [0.15, 0.2) is 0 Å². The van der Waals surface area contributed by atoms with Crippen molar-refractivity contribution < 1.29 is 18.9 Å². The molecule has 6 heteroatoms. The van der Waals surface area contributed by atoms with E-state index in [2.05, 4.69) is 173 Å². The highest BCUT2D eigenvalue weighted by Crippen LogP contribution is 2.68. The van der Waals surface area contributed by atoms with Gasteiger partial charge >= 0.3 is 0 Å². The highest BCUT2D eigenvalue weighted by atomic mass is 32.1. The maximum Gasteiger partial charge on any atom is 0.119 e. The number of fused-ring (bicyclic) bond motifs is 9. The first-order valence-electron chi connectivity index (χ1n) is 32.3. The van der Waals surface area contributed by atoms with Crippen LogP contribution in [0.25, 0.3) is 30.3 Å². The third-order valence-corrected chi connectivity index (χ3v) is 20.3. The largest absolute Gasteiger partial charge is 0.494 e. The number of benzene rings is 6. The number of unbranched alkanes of at least 4 members (excludes halogenated alkanes) is 20. The van der Waals surface area contributed by atoms with Gasteiger partial charge in [0.1, 0.15) is 23.0 Å². The second-order valence-corrected chi connectivity index (χ2v) is 25.5. The van der Waals surface area contributed by atoms with Crippen LogP contribution in [0.3, 0.4) is 0 Å². The van der Waals surface area contributed by atoms with Gasteiger partial charge in [-0.05, 0) is 119 Å². The van der Waals surface area contributed by atoms with Gasteiger partial charge in [-0.3, -0.25) is 0 Å². The van der Waals surface area contributed by atoms with Crippen LogP contribution in [0.2, 0.25) is 0 Å². The topological polar surface area (TPSA) is 36.9 Å². The summed E-state index contributed by atoms with van der Waals surface area (Å²) in [5.74, 6) is 3.73. The Morgan fingerprint density at radius 3 is 0.793 bits per heavy atom. The highest BCUT2D eigenvalue weighted by Gasteiger charge is 2.53. The van der Waals surface area contributed by atoms with Crippen molar-refractivity contribution in [1.29, 1.82) is 0 Å². The normalized spacial score (nSPS) is 13.5. The van der Waals surface area contributed by atoms with Gasteiger partial charge in [-0.2, -0.15) is 0 Å². The van der Waals surface area contributed by atoms with E-state index in [0.717, 1.165) is 75.1 Å². The molecule has 2 aromatic heterocycles. The maximum atomic E-state index is 6.50.